The van der Waals surface area contributed by atoms with Gasteiger partial charge in [0.1, 0.15) is 22.3 Å². The summed E-state index contributed by atoms with van der Waals surface area (Å²) in [5, 5.41) is 8.77. The highest BCUT2D eigenvalue weighted by atomic mass is 79.9. The molecule has 0 bridgehead atoms. The van der Waals surface area contributed by atoms with Gasteiger partial charge in [-0.05, 0) is 28.9 Å². The van der Waals surface area contributed by atoms with Crippen molar-refractivity contribution < 1.29 is 14.3 Å². The van der Waals surface area contributed by atoms with E-state index in [9.17, 15) is 9.59 Å². The van der Waals surface area contributed by atoms with Crippen LogP contribution >= 0.6 is 15.9 Å². The minimum Gasteiger partial charge on any atom is -0.478 e. The Morgan fingerprint density at radius 2 is 2.33 bits per heavy atom. The molecule has 7 heteroatoms. The topological polar surface area (TPSA) is 85.3 Å². The molecular formula is C11H9BrN2O4. The van der Waals surface area contributed by atoms with Crippen molar-refractivity contribution in [1.82, 2.24) is 9.55 Å². The number of hydrogen-bond acceptors (Lipinski definition) is 4. The van der Waals surface area contributed by atoms with Crippen molar-refractivity contribution in [1.29, 1.82) is 0 Å². The van der Waals surface area contributed by atoms with Crippen LogP contribution in [0.15, 0.2) is 32.2 Å². The first-order valence-electron chi connectivity index (χ1n) is 5.01. The van der Waals surface area contributed by atoms with Gasteiger partial charge in [0.15, 0.2) is 0 Å². The van der Waals surface area contributed by atoms with Gasteiger partial charge in [0, 0.05) is 6.20 Å². The molecule has 0 aromatic carbocycles. The molecule has 6 nitrogen and oxygen atoms in total. The van der Waals surface area contributed by atoms with Crippen molar-refractivity contribution in [2.45, 2.75) is 13.5 Å². The fraction of sp³-hybridized carbons (Fsp3) is 0.182. The smallest absolute Gasteiger partial charge is 0.338 e. The number of aryl methyl sites for hydroxylation is 1. The van der Waals surface area contributed by atoms with Gasteiger partial charge < -0.3 is 9.52 Å². The third kappa shape index (κ3) is 2.35. The third-order valence-electron chi connectivity index (χ3n) is 2.42. The summed E-state index contributed by atoms with van der Waals surface area (Å²) in [5.74, 6) is -0.157. The molecule has 2 aromatic rings. The predicted molar refractivity (Wildman–Crippen MR) is 65.7 cm³/mol. The van der Waals surface area contributed by atoms with E-state index in [1.165, 1.54) is 16.8 Å². The van der Waals surface area contributed by atoms with Crippen LogP contribution in [-0.2, 0) is 6.54 Å². The lowest BCUT2D eigenvalue weighted by Crippen LogP contribution is -2.24. The standard InChI is InChI=1S/C11H9BrN2O4/c1-6-13-3-9(12)10(15)14(6)4-8-2-7(5-18-8)11(16)17/h2-3,5H,4H2,1H3,(H,16,17). The lowest BCUT2D eigenvalue weighted by molar-refractivity contribution is 0.0696. The summed E-state index contributed by atoms with van der Waals surface area (Å²) in [4.78, 5) is 26.6. The fourth-order valence-electron chi connectivity index (χ4n) is 1.47. The van der Waals surface area contributed by atoms with Crippen molar-refractivity contribution in [2.24, 2.45) is 0 Å². The molecule has 0 fully saturated rings. The molecule has 94 valence electrons. The van der Waals surface area contributed by atoms with Gasteiger partial charge in [-0.2, -0.15) is 0 Å². The van der Waals surface area contributed by atoms with E-state index in [0.717, 1.165) is 6.26 Å². The maximum atomic E-state index is 11.9. The minimum absolute atomic E-state index is 0.0543. The molecule has 0 saturated carbocycles. The summed E-state index contributed by atoms with van der Waals surface area (Å²) in [6, 6.07) is 1.38. The van der Waals surface area contributed by atoms with Crippen LogP contribution in [0.2, 0.25) is 0 Å². The van der Waals surface area contributed by atoms with Crippen LogP contribution in [0, 0.1) is 6.92 Å². The van der Waals surface area contributed by atoms with Crippen LogP contribution in [0.5, 0.6) is 0 Å². The van der Waals surface area contributed by atoms with Gasteiger partial charge in [0.2, 0.25) is 0 Å². The maximum Gasteiger partial charge on any atom is 0.338 e. The summed E-state index contributed by atoms with van der Waals surface area (Å²) >= 11 is 3.10. The molecule has 0 radical (unpaired) electrons. The van der Waals surface area contributed by atoms with Crippen LogP contribution in [-0.4, -0.2) is 20.6 Å². The number of carboxylic acids is 1. The summed E-state index contributed by atoms with van der Waals surface area (Å²) in [5.41, 5.74) is -0.186. The Morgan fingerprint density at radius 3 is 2.94 bits per heavy atom. The van der Waals surface area contributed by atoms with Crippen molar-refractivity contribution >= 4 is 21.9 Å². The minimum atomic E-state index is -1.07. The van der Waals surface area contributed by atoms with Crippen molar-refractivity contribution in [2.75, 3.05) is 0 Å². The van der Waals surface area contributed by atoms with E-state index in [1.807, 2.05) is 0 Å². The van der Waals surface area contributed by atoms with Gasteiger partial charge in [-0.1, -0.05) is 0 Å². The van der Waals surface area contributed by atoms with Crippen molar-refractivity contribution in [3.05, 3.63) is 50.5 Å². The molecule has 2 heterocycles. The number of nitrogens with zero attached hydrogens (tertiary/aromatic N) is 2. The quantitative estimate of drug-likeness (QED) is 0.931. The second kappa shape index (κ2) is 4.77. The molecule has 0 spiro atoms. The lowest BCUT2D eigenvalue weighted by Gasteiger charge is -2.06. The first-order chi connectivity index (χ1) is 8.49. The molecule has 0 saturated heterocycles. The average Bonchev–Trinajstić information content (AvgIpc) is 2.78. The molecule has 0 atom stereocenters. The summed E-state index contributed by atoms with van der Waals surface area (Å²) < 4.78 is 6.84. The first-order valence-corrected chi connectivity index (χ1v) is 5.81. The SMILES string of the molecule is Cc1ncc(Br)c(=O)n1Cc1cc(C(=O)O)co1. The number of halogens is 1. The van der Waals surface area contributed by atoms with Crippen molar-refractivity contribution in [3.8, 4) is 0 Å². The molecule has 0 aliphatic heterocycles. The van der Waals surface area contributed by atoms with Crippen LogP contribution in [0.4, 0.5) is 0 Å². The van der Waals surface area contributed by atoms with E-state index in [1.54, 1.807) is 6.92 Å². The molecular weight excluding hydrogens is 304 g/mol. The molecule has 2 rings (SSSR count). The van der Waals surface area contributed by atoms with Crippen LogP contribution in [0.25, 0.3) is 0 Å². The molecule has 0 unspecified atom stereocenters. The Hall–Kier alpha value is -1.89. The molecule has 1 N–H and O–H groups in total. The summed E-state index contributed by atoms with van der Waals surface area (Å²) in [7, 11) is 0. The van der Waals surface area contributed by atoms with Gasteiger partial charge in [0.05, 0.1) is 12.1 Å². The van der Waals surface area contributed by atoms with E-state index >= 15 is 0 Å². The zero-order valence-electron chi connectivity index (χ0n) is 9.38. The normalized spacial score (nSPS) is 10.6. The van der Waals surface area contributed by atoms with Gasteiger partial charge >= 0.3 is 5.97 Å². The summed E-state index contributed by atoms with van der Waals surface area (Å²) in [6.07, 6.45) is 2.57. The van der Waals surface area contributed by atoms with E-state index in [-0.39, 0.29) is 17.7 Å². The zero-order valence-corrected chi connectivity index (χ0v) is 11.0. The molecule has 2 aromatic heterocycles. The highest BCUT2D eigenvalue weighted by Crippen LogP contribution is 2.10. The Bertz CT molecular complexity index is 659. The monoisotopic (exact) mass is 312 g/mol. The number of aromatic carboxylic acids is 1. The average molecular weight is 313 g/mol. The van der Waals surface area contributed by atoms with Crippen LogP contribution < -0.4 is 5.56 Å². The number of carboxylic acid groups (broad SMARTS) is 1. The largest absolute Gasteiger partial charge is 0.478 e. The third-order valence-corrected chi connectivity index (χ3v) is 2.96. The maximum absolute atomic E-state index is 11.9. The predicted octanol–water partition coefficient (Wildman–Crippen LogP) is 1.65. The highest BCUT2D eigenvalue weighted by molar-refractivity contribution is 9.10. The van der Waals surface area contributed by atoms with Gasteiger partial charge in [-0.15, -0.1) is 0 Å². The van der Waals surface area contributed by atoms with E-state index < -0.39 is 5.97 Å². The summed E-state index contributed by atoms with van der Waals surface area (Å²) in [6.45, 7) is 1.83. The number of carbonyl (C=O) groups is 1. The van der Waals surface area contributed by atoms with Gasteiger partial charge in [0.25, 0.3) is 5.56 Å². The molecule has 0 aliphatic carbocycles. The number of aromatic nitrogens is 2. The van der Waals surface area contributed by atoms with Gasteiger partial charge in [-0.25, -0.2) is 9.78 Å². The number of furan rings is 1. The Kier molecular flexibility index (Phi) is 3.33. The highest BCUT2D eigenvalue weighted by Gasteiger charge is 2.11. The van der Waals surface area contributed by atoms with Crippen LogP contribution in [0.1, 0.15) is 21.9 Å². The molecule has 0 aliphatic rings. The zero-order chi connectivity index (χ0) is 13.3. The fourth-order valence-corrected chi connectivity index (χ4v) is 1.79. The van der Waals surface area contributed by atoms with Gasteiger partial charge in [-0.3, -0.25) is 9.36 Å². The second-order valence-corrected chi connectivity index (χ2v) is 4.51. The molecule has 18 heavy (non-hydrogen) atoms. The Labute approximate surface area is 110 Å². The van der Waals surface area contributed by atoms with E-state index in [2.05, 4.69) is 20.9 Å². The second-order valence-electron chi connectivity index (χ2n) is 3.65. The number of rotatable bonds is 3. The lowest BCUT2D eigenvalue weighted by atomic mass is 10.3. The van der Waals surface area contributed by atoms with E-state index in [0.29, 0.717) is 16.1 Å². The number of hydrogen-bond donors (Lipinski definition) is 1. The van der Waals surface area contributed by atoms with Crippen molar-refractivity contribution in [3.63, 3.8) is 0 Å². The first kappa shape index (κ1) is 12.6. The Balaban J connectivity index is 2.37. The van der Waals surface area contributed by atoms with Crippen LogP contribution in [0.3, 0.4) is 0 Å². The van der Waals surface area contributed by atoms with E-state index in [4.69, 9.17) is 9.52 Å². The molecule has 0 amide bonds. The Morgan fingerprint density at radius 1 is 1.61 bits per heavy atom.